The van der Waals surface area contributed by atoms with Crippen LogP contribution in [0.3, 0.4) is 0 Å². The first-order valence-electron chi connectivity index (χ1n) is 5.05. The maximum atomic E-state index is 5.17. The Morgan fingerprint density at radius 1 is 0.533 bits per heavy atom. The van der Waals surface area contributed by atoms with Crippen molar-refractivity contribution in [3.8, 4) is 0 Å². The summed E-state index contributed by atoms with van der Waals surface area (Å²) in [7, 11) is 0. The largest absolute Gasteiger partial charge is 0.329 e. The molecule has 1 radical (unpaired) electrons. The second-order valence-electron chi connectivity index (χ2n) is 2.65. The standard InChI is InChI=1S/2C4H13N3.Co/c2*5-1-3-7-4-2-6;/h2*7H,1-6H2;. The van der Waals surface area contributed by atoms with Crippen LogP contribution in [0.2, 0.25) is 0 Å². The molecule has 10 N–H and O–H groups in total. The van der Waals surface area contributed by atoms with E-state index in [1.807, 2.05) is 0 Å². The number of hydrogen-bond acceptors (Lipinski definition) is 6. The van der Waals surface area contributed by atoms with Crippen molar-refractivity contribution in [2.45, 2.75) is 0 Å². The van der Waals surface area contributed by atoms with Crippen LogP contribution in [0.15, 0.2) is 0 Å². The van der Waals surface area contributed by atoms with Crippen LogP contribution in [-0.2, 0) is 16.8 Å². The molecule has 0 saturated carbocycles. The molecule has 0 heterocycles. The Hall–Kier alpha value is 0.266. The average molecular weight is 265 g/mol. The van der Waals surface area contributed by atoms with E-state index in [0.29, 0.717) is 26.2 Å². The summed E-state index contributed by atoms with van der Waals surface area (Å²) in [6.07, 6.45) is 0. The maximum Gasteiger partial charge on any atom is 0.00750 e. The molecule has 0 fully saturated rings. The molecule has 0 aromatic rings. The van der Waals surface area contributed by atoms with Gasteiger partial charge in [0.1, 0.15) is 0 Å². The van der Waals surface area contributed by atoms with Gasteiger partial charge in [0.05, 0.1) is 0 Å². The molecule has 0 saturated heterocycles. The van der Waals surface area contributed by atoms with Gasteiger partial charge >= 0.3 is 0 Å². The normalized spacial score (nSPS) is 8.80. The number of hydrogen-bond donors (Lipinski definition) is 6. The zero-order chi connectivity index (χ0) is 11.1. The quantitative estimate of drug-likeness (QED) is 0.259. The first-order chi connectivity index (χ1) is 6.83. The molecule has 0 amide bonds. The zero-order valence-electron chi connectivity index (χ0n) is 9.30. The molecular weight excluding hydrogens is 239 g/mol. The summed E-state index contributed by atoms with van der Waals surface area (Å²) in [5.74, 6) is 0. The van der Waals surface area contributed by atoms with Gasteiger partial charge in [-0.1, -0.05) is 0 Å². The van der Waals surface area contributed by atoms with Gasteiger partial charge in [0, 0.05) is 69.1 Å². The van der Waals surface area contributed by atoms with Crippen LogP contribution in [0, 0.1) is 0 Å². The van der Waals surface area contributed by atoms with Gasteiger partial charge in [0.25, 0.3) is 0 Å². The summed E-state index contributed by atoms with van der Waals surface area (Å²) in [6.45, 7) is 6.27. The van der Waals surface area contributed by atoms with Gasteiger partial charge in [0.2, 0.25) is 0 Å². The number of nitrogens with two attached hydrogens (primary N) is 4. The second kappa shape index (κ2) is 23.8. The van der Waals surface area contributed by atoms with E-state index in [0.717, 1.165) is 26.2 Å². The van der Waals surface area contributed by atoms with Crippen molar-refractivity contribution in [3.05, 3.63) is 0 Å². The van der Waals surface area contributed by atoms with Crippen LogP contribution in [0.1, 0.15) is 0 Å². The van der Waals surface area contributed by atoms with Gasteiger partial charge in [-0.2, -0.15) is 0 Å². The van der Waals surface area contributed by atoms with Gasteiger partial charge in [0.15, 0.2) is 0 Å². The third-order valence-electron chi connectivity index (χ3n) is 1.28. The van der Waals surface area contributed by atoms with Crippen LogP contribution in [-0.4, -0.2) is 52.4 Å². The van der Waals surface area contributed by atoms with Crippen molar-refractivity contribution in [3.63, 3.8) is 0 Å². The molecule has 0 aromatic heterocycles. The van der Waals surface area contributed by atoms with Crippen LogP contribution in [0.5, 0.6) is 0 Å². The maximum absolute atomic E-state index is 5.17. The van der Waals surface area contributed by atoms with Crippen molar-refractivity contribution in [2.75, 3.05) is 52.4 Å². The first-order valence-corrected chi connectivity index (χ1v) is 5.05. The molecule has 97 valence electrons. The molecule has 0 unspecified atom stereocenters. The Balaban J connectivity index is -0.000000180. The summed E-state index contributed by atoms with van der Waals surface area (Å²) in [4.78, 5) is 0. The minimum atomic E-state index is 0. The average Bonchev–Trinajstić information content (AvgIpc) is 2.21. The molecule has 0 spiro atoms. The minimum absolute atomic E-state index is 0. The first kappa shape index (κ1) is 20.7. The van der Waals surface area contributed by atoms with Crippen molar-refractivity contribution in [1.82, 2.24) is 10.6 Å². The SMILES string of the molecule is NCCNCCN.NCCNCCN.[Co]. The molecule has 0 bridgehead atoms. The Kier molecular flexibility index (Phi) is 32.8. The molecule has 0 rings (SSSR count). The van der Waals surface area contributed by atoms with E-state index in [4.69, 9.17) is 22.9 Å². The number of nitrogens with one attached hydrogen (secondary N) is 2. The Morgan fingerprint density at radius 3 is 0.867 bits per heavy atom. The third-order valence-corrected chi connectivity index (χ3v) is 1.28. The predicted molar refractivity (Wildman–Crippen MR) is 62.0 cm³/mol. The summed E-state index contributed by atoms with van der Waals surface area (Å²) in [5, 5.41) is 6.07. The Bertz CT molecular complexity index is 67.5. The summed E-state index contributed by atoms with van der Waals surface area (Å²) in [6, 6.07) is 0. The Labute approximate surface area is 103 Å². The predicted octanol–water partition coefficient (Wildman–Crippen LogP) is -3.02. The second-order valence-corrected chi connectivity index (χ2v) is 2.65. The van der Waals surface area contributed by atoms with E-state index in [9.17, 15) is 0 Å². The fourth-order valence-corrected chi connectivity index (χ4v) is 0.658. The molecule has 0 aliphatic carbocycles. The number of rotatable bonds is 8. The van der Waals surface area contributed by atoms with Crippen LogP contribution < -0.4 is 33.6 Å². The molecule has 6 nitrogen and oxygen atoms in total. The monoisotopic (exact) mass is 265 g/mol. The molecule has 0 aliphatic heterocycles. The van der Waals surface area contributed by atoms with E-state index < -0.39 is 0 Å². The smallest absolute Gasteiger partial charge is 0.00750 e. The summed E-state index contributed by atoms with van der Waals surface area (Å²) in [5.41, 5.74) is 20.7. The van der Waals surface area contributed by atoms with Crippen LogP contribution >= 0.6 is 0 Å². The zero-order valence-corrected chi connectivity index (χ0v) is 10.3. The van der Waals surface area contributed by atoms with E-state index in [1.165, 1.54) is 0 Å². The summed E-state index contributed by atoms with van der Waals surface area (Å²) >= 11 is 0. The van der Waals surface area contributed by atoms with E-state index in [-0.39, 0.29) is 16.8 Å². The van der Waals surface area contributed by atoms with Crippen LogP contribution in [0.25, 0.3) is 0 Å². The van der Waals surface area contributed by atoms with Gasteiger partial charge in [-0.15, -0.1) is 0 Å². The van der Waals surface area contributed by atoms with Gasteiger partial charge < -0.3 is 33.6 Å². The van der Waals surface area contributed by atoms with Gasteiger partial charge in [-0.05, 0) is 0 Å². The summed E-state index contributed by atoms with van der Waals surface area (Å²) < 4.78 is 0. The van der Waals surface area contributed by atoms with Gasteiger partial charge in [-0.3, -0.25) is 0 Å². The van der Waals surface area contributed by atoms with Gasteiger partial charge in [-0.25, -0.2) is 0 Å². The van der Waals surface area contributed by atoms with Crippen molar-refractivity contribution >= 4 is 0 Å². The van der Waals surface area contributed by atoms with Crippen molar-refractivity contribution < 1.29 is 16.8 Å². The van der Waals surface area contributed by atoms with Crippen molar-refractivity contribution in [2.24, 2.45) is 22.9 Å². The minimum Gasteiger partial charge on any atom is -0.329 e. The molecule has 0 aromatic carbocycles. The molecule has 0 atom stereocenters. The third kappa shape index (κ3) is 31.4. The molecule has 7 heteroatoms. The topological polar surface area (TPSA) is 128 Å². The van der Waals surface area contributed by atoms with E-state index >= 15 is 0 Å². The molecule has 0 aliphatic rings. The molecule has 15 heavy (non-hydrogen) atoms. The van der Waals surface area contributed by atoms with Crippen LogP contribution in [0.4, 0.5) is 0 Å². The Morgan fingerprint density at radius 2 is 0.733 bits per heavy atom. The van der Waals surface area contributed by atoms with E-state index in [1.54, 1.807) is 0 Å². The van der Waals surface area contributed by atoms with E-state index in [2.05, 4.69) is 10.6 Å². The molecular formula is C8H26CoN6. The fraction of sp³-hybridized carbons (Fsp3) is 1.00. The fourth-order valence-electron chi connectivity index (χ4n) is 0.658. The van der Waals surface area contributed by atoms with Crippen molar-refractivity contribution in [1.29, 1.82) is 0 Å².